The minimum atomic E-state index is -3.57. The van der Waals surface area contributed by atoms with E-state index in [1.54, 1.807) is 0 Å². The maximum Gasteiger partial charge on any atom is 0.348 e. The second-order valence-corrected chi connectivity index (χ2v) is 20.1. The smallest absolute Gasteiger partial charge is 0.348 e. The third-order valence-corrected chi connectivity index (χ3v) is 16.5. The third kappa shape index (κ3) is 11.2. The number of allylic oxidation sites excluding steroid dienone is 3. The largest absolute Gasteiger partial charge is 0.489 e. The number of nitrogens with zero attached hydrogens (tertiary/aromatic N) is 1. The topological polar surface area (TPSA) is 79.8 Å². The molecule has 274 valence electrons. The maximum atomic E-state index is 7.11. The molecular formula is C42H46N2O6P3+. The van der Waals surface area contributed by atoms with Gasteiger partial charge in [-0.1, -0.05) is 97.1 Å². The van der Waals surface area contributed by atoms with Crippen LogP contribution in [0.3, 0.4) is 0 Å². The van der Waals surface area contributed by atoms with Crippen LogP contribution in [0, 0.1) is 0 Å². The van der Waals surface area contributed by atoms with Gasteiger partial charge in [0.1, 0.15) is 42.0 Å². The summed E-state index contributed by atoms with van der Waals surface area (Å²) in [6.45, 7) is 4.23. The third-order valence-electron chi connectivity index (χ3n) is 8.14. The molecule has 0 amide bonds. The van der Waals surface area contributed by atoms with Gasteiger partial charge >= 0.3 is 15.0 Å². The lowest BCUT2D eigenvalue weighted by atomic mass is 10.2. The van der Waals surface area contributed by atoms with Crippen LogP contribution in [0.15, 0.2) is 180 Å². The number of hydrogen-bond donors (Lipinski definition) is 1. The van der Waals surface area contributed by atoms with Crippen molar-refractivity contribution in [3.05, 3.63) is 176 Å². The van der Waals surface area contributed by atoms with Gasteiger partial charge in [-0.05, 0) is 85.7 Å². The van der Waals surface area contributed by atoms with Crippen molar-refractivity contribution in [2.75, 3.05) is 27.0 Å². The summed E-state index contributed by atoms with van der Waals surface area (Å²) in [5, 5.41) is 3.56. The molecule has 0 saturated heterocycles. The lowest BCUT2D eigenvalue weighted by molar-refractivity contribution is 0.327. The molecule has 0 aromatic heterocycles. The monoisotopic (exact) mass is 767 g/mol. The standard InChI is InChI=1S/C42H46N2O6P3/c1-43-51(2,46-37-24-12-5-13-25-37)42(34-45-36-22-10-4-11-23-36)35-53(49-40-30-18-8-19-31-40,50-41-32-20-9-21-33-41)44-52(3,47-38-26-14-6-15-27-38)48-39-28-16-7-17-29-39/h4-8,10-20,22-33,35,42-43H,9,21,34H2,1-3H3/q+1. The number of ether oxygens (including phenoxy) is 1. The highest BCUT2D eigenvalue weighted by molar-refractivity contribution is 7.76. The van der Waals surface area contributed by atoms with Gasteiger partial charge < -0.3 is 27.4 Å². The summed E-state index contributed by atoms with van der Waals surface area (Å²) in [4.78, 5) is 0. The first kappa shape index (κ1) is 38.0. The van der Waals surface area contributed by atoms with Crippen LogP contribution in [0.5, 0.6) is 28.7 Å². The molecule has 0 bridgehead atoms. The van der Waals surface area contributed by atoms with Gasteiger partial charge in [-0.2, -0.15) is 5.09 Å². The van der Waals surface area contributed by atoms with E-state index in [1.165, 1.54) is 0 Å². The van der Waals surface area contributed by atoms with Gasteiger partial charge in [0.15, 0.2) is 11.4 Å². The van der Waals surface area contributed by atoms with E-state index in [0.29, 0.717) is 23.0 Å². The predicted molar refractivity (Wildman–Crippen MR) is 222 cm³/mol. The van der Waals surface area contributed by atoms with Crippen LogP contribution in [0.4, 0.5) is 0 Å². The number of hydrogen-bond acceptors (Lipinski definition) is 8. The Morgan fingerprint density at radius 2 is 1.11 bits per heavy atom. The summed E-state index contributed by atoms with van der Waals surface area (Å²) in [5.41, 5.74) is -0.413. The second kappa shape index (κ2) is 18.4. The zero-order valence-corrected chi connectivity index (χ0v) is 32.9. The maximum absolute atomic E-state index is 7.11. The van der Waals surface area contributed by atoms with Crippen molar-refractivity contribution in [2.45, 2.75) is 18.5 Å². The molecule has 3 atom stereocenters. The van der Waals surface area contributed by atoms with Gasteiger partial charge in [-0.25, -0.2) is 0 Å². The van der Waals surface area contributed by atoms with Crippen LogP contribution < -0.4 is 27.9 Å². The molecule has 0 spiro atoms. The average molecular weight is 768 g/mol. The summed E-state index contributed by atoms with van der Waals surface area (Å²) in [6.07, 6.45) is 7.88. The Morgan fingerprint density at radius 3 is 1.58 bits per heavy atom. The lowest BCUT2D eigenvalue weighted by Gasteiger charge is -2.32. The van der Waals surface area contributed by atoms with Gasteiger partial charge in [-0.3, -0.25) is 0 Å². The molecule has 0 saturated carbocycles. The fraction of sp³-hybridized carbons (Fsp3) is 0.167. The lowest BCUT2D eigenvalue weighted by Crippen LogP contribution is -2.33. The molecule has 53 heavy (non-hydrogen) atoms. The van der Waals surface area contributed by atoms with E-state index in [0.717, 1.165) is 24.3 Å². The molecule has 5 aromatic carbocycles. The highest BCUT2D eigenvalue weighted by atomic mass is 31.2. The minimum Gasteiger partial charge on any atom is -0.489 e. The zero-order chi connectivity index (χ0) is 36.8. The summed E-state index contributed by atoms with van der Waals surface area (Å²) in [6, 6.07) is 48.3. The fourth-order valence-corrected chi connectivity index (χ4v) is 13.7. The fourth-order valence-electron chi connectivity index (χ4n) is 5.43. The van der Waals surface area contributed by atoms with E-state index in [1.807, 2.05) is 171 Å². The Bertz CT molecular complexity index is 2000. The summed E-state index contributed by atoms with van der Waals surface area (Å²) >= 11 is 0. The molecule has 8 nitrogen and oxygen atoms in total. The number of para-hydroxylation sites is 5. The van der Waals surface area contributed by atoms with Gasteiger partial charge in [0.25, 0.3) is 7.64 Å². The molecule has 0 fully saturated rings. The SMILES string of the molecule is CN[P+](C)(Oc1ccccc1)C(C=P(N=P(C)(Oc1ccccc1)Oc1ccccc1)(OC1=CCCC=C1)Oc1ccccc1)COc1ccccc1. The van der Waals surface area contributed by atoms with E-state index in [9.17, 15) is 0 Å². The van der Waals surface area contributed by atoms with Gasteiger partial charge in [0, 0.05) is 13.7 Å². The Kier molecular flexibility index (Phi) is 13.2. The zero-order valence-electron chi connectivity index (χ0n) is 30.2. The molecular weight excluding hydrogens is 721 g/mol. The van der Waals surface area contributed by atoms with Crippen molar-refractivity contribution < 1.29 is 27.4 Å². The molecule has 5 aromatic rings. The molecule has 6 rings (SSSR count). The van der Waals surface area contributed by atoms with Gasteiger partial charge in [0.2, 0.25) is 0 Å². The average Bonchev–Trinajstić information content (AvgIpc) is 3.18. The Balaban J connectivity index is 1.60. The van der Waals surface area contributed by atoms with Crippen LogP contribution >= 0.6 is 22.6 Å². The Morgan fingerprint density at radius 1 is 0.642 bits per heavy atom. The van der Waals surface area contributed by atoms with Gasteiger partial charge in [0.05, 0.1) is 5.80 Å². The molecule has 1 aliphatic carbocycles. The van der Waals surface area contributed by atoms with Crippen LogP contribution in [0.1, 0.15) is 12.8 Å². The van der Waals surface area contributed by atoms with Crippen LogP contribution in [-0.4, -0.2) is 38.4 Å². The first-order chi connectivity index (χ1) is 25.8. The van der Waals surface area contributed by atoms with Crippen LogP contribution in [0.25, 0.3) is 0 Å². The van der Waals surface area contributed by atoms with E-state index in [4.69, 9.17) is 31.9 Å². The molecule has 11 heteroatoms. The molecule has 3 unspecified atom stereocenters. The van der Waals surface area contributed by atoms with Crippen molar-refractivity contribution in [3.63, 3.8) is 0 Å². The van der Waals surface area contributed by atoms with Crippen LogP contribution in [-0.2, 0) is 4.52 Å². The van der Waals surface area contributed by atoms with Crippen molar-refractivity contribution in [1.82, 2.24) is 5.09 Å². The van der Waals surface area contributed by atoms with E-state index < -0.39 is 28.3 Å². The predicted octanol–water partition coefficient (Wildman–Crippen LogP) is 11.9. The van der Waals surface area contributed by atoms with Crippen molar-refractivity contribution in [2.24, 2.45) is 4.52 Å². The van der Waals surface area contributed by atoms with E-state index in [2.05, 4.69) is 29.7 Å². The van der Waals surface area contributed by atoms with Gasteiger partial charge in [-0.15, -0.1) is 4.52 Å². The molecule has 0 heterocycles. The summed E-state index contributed by atoms with van der Waals surface area (Å²) in [5.74, 6) is 5.99. The van der Waals surface area contributed by atoms with Crippen molar-refractivity contribution >= 4 is 28.4 Å². The number of benzene rings is 5. The Hall–Kier alpha value is -4.70. The number of nitrogens with one attached hydrogen (secondary N) is 1. The normalized spacial score (nSPS) is 15.3. The minimum absolute atomic E-state index is 0.240. The summed E-state index contributed by atoms with van der Waals surface area (Å²) < 4.78 is 46.7. The first-order valence-electron chi connectivity index (χ1n) is 17.5. The van der Waals surface area contributed by atoms with Crippen molar-refractivity contribution in [3.8, 4) is 28.7 Å². The van der Waals surface area contributed by atoms with E-state index in [-0.39, 0.29) is 6.61 Å². The molecule has 1 aliphatic rings. The highest BCUT2D eigenvalue weighted by Gasteiger charge is 2.47. The second-order valence-electron chi connectivity index (χ2n) is 12.3. The Labute approximate surface area is 314 Å². The highest BCUT2D eigenvalue weighted by Crippen LogP contribution is 2.66. The first-order valence-corrected chi connectivity index (χ1v) is 23.4. The molecule has 1 N–H and O–H groups in total. The molecule has 0 radical (unpaired) electrons. The number of rotatable bonds is 17. The van der Waals surface area contributed by atoms with Crippen LogP contribution in [0.2, 0.25) is 0 Å². The quantitative estimate of drug-likeness (QED) is 0.0944. The van der Waals surface area contributed by atoms with Crippen molar-refractivity contribution in [1.29, 1.82) is 0 Å². The summed E-state index contributed by atoms with van der Waals surface area (Å²) in [7, 11) is -7.50. The molecule has 0 aliphatic heterocycles. The van der Waals surface area contributed by atoms with E-state index >= 15 is 0 Å².